The molecule has 0 saturated heterocycles. The van der Waals surface area contributed by atoms with Crippen LogP contribution in [0.25, 0.3) is 0 Å². The Kier molecular flexibility index (Phi) is 3.69. The maximum Gasteiger partial charge on any atom is 0.173 e. The van der Waals surface area contributed by atoms with E-state index in [9.17, 15) is 9.50 Å². The number of hydrogen-bond acceptors (Lipinski definition) is 3. The number of aliphatic hydroxyl groups is 1. The molecule has 3 N–H and O–H groups in total. The zero-order valence-electron chi connectivity index (χ0n) is 7.63. The molecule has 14 heavy (non-hydrogen) atoms. The first-order valence-electron chi connectivity index (χ1n) is 4.01. The smallest absolute Gasteiger partial charge is 0.173 e. The molecule has 0 spiro atoms. The summed E-state index contributed by atoms with van der Waals surface area (Å²) in [7, 11) is 1.32. The van der Waals surface area contributed by atoms with Gasteiger partial charge in [-0.05, 0) is 17.7 Å². The highest BCUT2D eigenvalue weighted by molar-refractivity contribution is 6.32. The Balaban J connectivity index is 3.13. The van der Waals surface area contributed by atoms with Gasteiger partial charge in [-0.15, -0.1) is 0 Å². The van der Waals surface area contributed by atoms with Crippen molar-refractivity contribution in [2.75, 3.05) is 13.7 Å². The van der Waals surface area contributed by atoms with E-state index in [4.69, 9.17) is 22.1 Å². The van der Waals surface area contributed by atoms with E-state index in [1.54, 1.807) is 0 Å². The van der Waals surface area contributed by atoms with E-state index in [1.165, 1.54) is 13.2 Å². The molecule has 0 bridgehead atoms. The molecule has 0 aliphatic rings. The van der Waals surface area contributed by atoms with Crippen molar-refractivity contribution in [3.8, 4) is 5.75 Å². The average Bonchev–Trinajstić information content (AvgIpc) is 2.16. The van der Waals surface area contributed by atoms with E-state index >= 15 is 0 Å². The van der Waals surface area contributed by atoms with Crippen LogP contribution < -0.4 is 10.5 Å². The summed E-state index contributed by atoms with van der Waals surface area (Å²) < 4.78 is 18.0. The minimum atomic E-state index is -0.909. The molecule has 1 rings (SSSR count). The highest BCUT2D eigenvalue weighted by Gasteiger charge is 2.13. The topological polar surface area (TPSA) is 55.5 Å². The van der Waals surface area contributed by atoms with Crippen LogP contribution in [0.15, 0.2) is 12.1 Å². The zero-order chi connectivity index (χ0) is 10.7. The van der Waals surface area contributed by atoms with Crippen molar-refractivity contribution >= 4 is 11.6 Å². The van der Waals surface area contributed by atoms with Gasteiger partial charge in [-0.2, -0.15) is 0 Å². The van der Waals surface area contributed by atoms with Crippen LogP contribution in [-0.2, 0) is 0 Å². The maximum absolute atomic E-state index is 13.2. The Morgan fingerprint density at radius 3 is 2.71 bits per heavy atom. The Morgan fingerprint density at radius 1 is 1.64 bits per heavy atom. The lowest BCUT2D eigenvalue weighted by Crippen LogP contribution is -2.11. The van der Waals surface area contributed by atoms with Crippen LogP contribution in [0.3, 0.4) is 0 Å². The molecular weight excluding hydrogens is 209 g/mol. The predicted octanol–water partition coefficient (Wildman–Crippen LogP) is 1.48. The van der Waals surface area contributed by atoms with E-state index in [2.05, 4.69) is 0 Å². The summed E-state index contributed by atoms with van der Waals surface area (Å²) in [5, 5.41) is 9.47. The molecule has 1 aromatic rings. The lowest BCUT2D eigenvalue weighted by Gasteiger charge is -2.11. The molecule has 0 aromatic heterocycles. The van der Waals surface area contributed by atoms with Crippen LogP contribution in [0.5, 0.6) is 5.75 Å². The predicted molar refractivity (Wildman–Crippen MR) is 52.0 cm³/mol. The molecule has 0 radical (unpaired) electrons. The van der Waals surface area contributed by atoms with Crippen LogP contribution >= 0.6 is 11.6 Å². The molecule has 0 saturated carbocycles. The molecule has 5 heteroatoms. The second-order valence-corrected chi connectivity index (χ2v) is 3.18. The van der Waals surface area contributed by atoms with Crippen molar-refractivity contribution < 1.29 is 14.2 Å². The summed E-state index contributed by atoms with van der Waals surface area (Å²) in [4.78, 5) is 0. The van der Waals surface area contributed by atoms with Crippen molar-refractivity contribution in [2.24, 2.45) is 5.73 Å². The molecule has 0 aliphatic heterocycles. The number of rotatable bonds is 3. The summed E-state index contributed by atoms with van der Waals surface area (Å²) in [6.07, 6.45) is -0.909. The Labute approximate surface area is 86.2 Å². The SMILES string of the molecule is COc1c(F)cc(C(O)CN)cc1Cl. The number of benzene rings is 1. The van der Waals surface area contributed by atoms with Gasteiger partial charge in [0, 0.05) is 6.54 Å². The van der Waals surface area contributed by atoms with Gasteiger partial charge in [0.15, 0.2) is 11.6 Å². The van der Waals surface area contributed by atoms with E-state index in [0.29, 0.717) is 5.56 Å². The van der Waals surface area contributed by atoms with Crippen LogP contribution in [0.2, 0.25) is 5.02 Å². The maximum atomic E-state index is 13.2. The van der Waals surface area contributed by atoms with Gasteiger partial charge in [0.05, 0.1) is 18.2 Å². The lowest BCUT2D eigenvalue weighted by atomic mass is 10.1. The fourth-order valence-corrected chi connectivity index (χ4v) is 1.40. The van der Waals surface area contributed by atoms with E-state index in [-0.39, 0.29) is 17.3 Å². The molecule has 1 atom stereocenters. The molecule has 0 aliphatic carbocycles. The van der Waals surface area contributed by atoms with E-state index in [0.717, 1.165) is 6.07 Å². The highest BCUT2D eigenvalue weighted by atomic mass is 35.5. The third-order valence-corrected chi connectivity index (χ3v) is 2.11. The molecule has 0 amide bonds. The summed E-state index contributed by atoms with van der Waals surface area (Å²) in [5.41, 5.74) is 5.57. The van der Waals surface area contributed by atoms with Gasteiger partial charge in [0.25, 0.3) is 0 Å². The molecular formula is C9H11ClFNO2. The first kappa shape index (κ1) is 11.2. The standard InChI is InChI=1S/C9H11ClFNO2/c1-14-9-6(10)2-5(3-7(9)11)8(13)4-12/h2-3,8,13H,4,12H2,1H3. The molecule has 78 valence electrons. The molecule has 3 nitrogen and oxygen atoms in total. The van der Waals surface area contributed by atoms with Gasteiger partial charge in [-0.3, -0.25) is 0 Å². The van der Waals surface area contributed by atoms with Crippen LogP contribution in [-0.4, -0.2) is 18.8 Å². The van der Waals surface area contributed by atoms with Gasteiger partial charge >= 0.3 is 0 Å². The van der Waals surface area contributed by atoms with Gasteiger partial charge in [-0.25, -0.2) is 4.39 Å². The zero-order valence-corrected chi connectivity index (χ0v) is 8.38. The van der Waals surface area contributed by atoms with Crippen molar-refractivity contribution in [3.63, 3.8) is 0 Å². The van der Waals surface area contributed by atoms with Crippen LogP contribution in [0, 0.1) is 5.82 Å². The Morgan fingerprint density at radius 2 is 2.29 bits per heavy atom. The molecule has 0 fully saturated rings. The Bertz CT molecular complexity index is 310. The number of aliphatic hydroxyl groups excluding tert-OH is 1. The number of methoxy groups -OCH3 is 1. The first-order chi connectivity index (χ1) is 6.60. The van der Waals surface area contributed by atoms with Crippen molar-refractivity contribution in [3.05, 3.63) is 28.5 Å². The van der Waals surface area contributed by atoms with Crippen molar-refractivity contribution in [1.29, 1.82) is 0 Å². The number of ether oxygens (including phenoxy) is 1. The van der Waals surface area contributed by atoms with Crippen LogP contribution in [0.4, 0.5) is 4.39 Å². The van der Waals surface area contributed by atoms with Gasteiger partial charge in [0.2, 0.25) is 0 Å². The molecule has 0 heterocycles. The van der Waals surface area contributed by atoms with Crippen molar-refractivity contribution in [1.82, 2.24) is 0 Å². The minimum absolute atomic E-state index is 0.0160. The summed E-state index contributed by atoms with van der Waals surface area (Å²) >= 11 is 5.72. The van der Waals surface area contributed by atoms with Gasteiger partial charge in [0.1, 0.15) is 0 Å². The summed E-state index contributed by atoms with van der Waals surface area (Å²) in [5.74, 6) is -0.637. The second-order valence-electron chi connectivity index (χ2n) is 2.77. The quantitative estimate of drug-likeness (QED) is 0.810. The van der Waals surface area contributed by atoms with Gasteiger partial charge < -0.3 is 15.6 Å². The molecule has 1 aromatic carbocycles. The number of halogens is 2. The third-order valence-electron chi connectivity index (χ3n) is 1.83. The third kappa shape index (κ3) is 2.15. The largest absolute Gasteiger partial charge is 0.492 e. The van der Waals surface area contributed by atoms with E-state index in [1.807, 2.05) is 0 Å². The second kappa shape index (κ2) is 4.59. The fourth-order valence-electron chi connectivity index (χ4n) is 1.10. The normalized spacial score (nSPS) is 12.6. The average molecular weight is 220 g/mol. The van der Waals surface area contributed by atoms with Crippen molar-refractivity contribution in [2.45, 2.75) is 6.10 Å². The Hall–Kier alpha value is -0.840. The lowest BCUT2D eigenvalue weighted by molar-refractivity contribution is 0.186. The summed E-state index contributed by atoms with van der Waals surface area (Å²) in [6, 6.07) is 2.59. The minimum Gasteiger partial charge on any atom is -0.492 e. The fraction of sp³-hybridized carbons (Fsp3) is 0.333. The van der Waals surface area contributed by atoms with E-state index < -0.39 is 11.9 Å². The molecule has 1 unspecified atom stereocenters. The summed E-state index contributed by atoms with van der Waals surface area (Å²) in [6.45, 7) is 0.0160. The van der Waals surface area contributed by atoms with Gasteiger partial charge in [-0.1, -0.05) is 11.6 Å². The highest BCUT2D eigenvalue weighted by Crippen LogP contribution is 2.30. The monoisotopic (exact) mass is 219 g/mol. The number of hydrogen-bond donors (Lipinski definition) is 2. The van der Waals surface area contributed by atoms with Crippen LogP contribution in [0.1, 0.15) is 11.7 Å². The first-order valence-corrected chi connectivity index (χ1v) is 4.39. The number of nitrogens with two attached hydrogens (primary N) is 1.